The van der Waals surface area contributed by atoms with E-state index in [9.17, 15) is 4.79 Å². The van der Waals surface area contributed by atoms with Gasteiger partial charge in [0.1, 0.15) is 18.3 Å². The van der Waals surface area contributed by atoms with E-state index < -0.39 is 6.16 Å². The Bertz CT molecular complexity index is 425. The van der Waals surface area contributed by atoms with Crippen LogP contribution in [0.3, 0.4) is 0 Å². The highest BCUT2D eigenvalue weighted by Gasteiger charge is 2.06. The van der Waals surface area contributed by atoms with Crippen molar-refractivity contribution in [3.05, 3.63) is 60.7 Å². The van der Waals surface area contributed by atoms with Crippen molar-refractivity contribution >= 4 is 12.9 Å². The van der Waals surface area contributed by atoms with Crippen molar-refractivity contribution in [2.24, 2.45) is 0 Å². The van der Waals surface area contributed by atoms with Gasteiger partial charge in [0.2, 0.25) is 0 Å². The molecule has 0 heterocycles. The van der Waals surface area contributed by atoms with E-state index in [2.05, 4.69) is 0 Å². The minimum Gasteiger partial charge on any atom is -0.395 e. The van der Waals surface area contributed by atoms with Crippen LogP contribution in [0.25, 0.3) is 0 Å². The van der Waals surface area contributed by atoms with Gasteiger partial charge in [0.15, 0.2) is 0 Å². The summed E-state index contributed by atoms with van der Waals surface area (Å²) < 4.78 is 9.91. The van der Waals surface area contributed by atoms with Gasteiger partial charge in [0.05, 0.1) is 0 Å². The van der Waals surface area contributed by atoms with Crippen LogP contribution in [0.15, 0.2) is 60.7 Å². The van der Waals surface area contributed by atoms with Crippen LogP contribution in [0, 0.1) is 0 Å². The molecule has 0 radical (unpaired) electrons. The molecule has 0 aromatic heterocycles. The van der Waals surface area contributed by atoms with E-state index in [4.69, 9.17) is 14.3 Å². The molecular weight excluding hydrogens is 280 g/mol. The fourth-order valence-electron chi connectivity index (χ4n) is 1.19. The van der Waals surface area contributed by atoms with Gasteiger partial charge in [-0.05, 0) is 24.3 Å². The normalized spacial score (nSPS) is 7.09. The molecular formula is C18H28O4. The predicted octanol–water partition coefficient (Wildman–Crippen LogP) is 5.62. The number of hydrogen-bond acceptors (Lipinski definition) is 4. The quantitative estimate of drug-likeness (QED) is 0.533. The Labute approximate surface area is 134 Å². The molecule has 22 heavy (non-hydrogen) atoms. The Balaban J connectivity index is -0.000000259. The molecule has 0 unspecified atom stereocenters. The highest BCUT2D eigenvalue weighted by Crippen LogP contribution is 2.12. The second-order valence-electron chi connectivity index (χ2n) is 3.08. The summed E-state index contributed by atoms with van der Waals surface area (Å²) in [5.74, 6) is 0.923. The summed E-state index contributed by atoms with van der Waals surface area (Å²) in [7, 11) is 0. The van der Waals surface area contributed by atoms with Crippen LogP contribution in [0.1, 0.15) is 29.7 Å². The summed E-state index contributed by atoms with van der Waals surface area (Å²) >= 11 is 0. The van der Waals surface area contributed by atoms with E-state index in [1.807, 2.05) is 18.9 Å². The Hall–Kier alpha value is -2.62. The molecule has 4 nitrogen and oxygen atoms in total. The highest BCUT2D eigenvalue weighted by molar-refractivity contribution is 5.66. The van der Waals surface area contributed by atoms with Crippen LogP contribution in [0.5, 0.6) is 11.5 Å². The Morgan fingerprint density at radius 2 is 0.909 bits per heavy atom. The summed E-state index contributed by atoms with van der Waals surface area (Å²) in [6.45, 7) is 2.00. The molecule has 0 aliphatic heterocycles. The van der Waals surface area contributed by atoms with Crippen molar-refractivity contribution < 1.29 is 19.1 Å². The lowest BCUT2D eigenvalue weighted by molar-refractivity contribution is -0.0980. The molecule has 2 aromatic carbocycles. The molecule has 124 valence electrons. The lowest BCUT2D eigenvalue weighted by Crippen LogP contribution is -2.13. The van der Waals surface area contributed by atoms with Crippen LogP contribution >= 0.6 is 0 Å². The first kappa shape index (κ1) is 27.7. The number of hydrogen-bond donors (Lipinski definition) is 0. The van der Waals surface area contributed by atoms with Gasteiger partial charge in [-0.2, -0.15) is 0 Å². The predicted molar refractivity (Wildman–Crippen MR) is 93.6 cm³/mol. The third-order valence-electron chi connectivity index (χ3n) is 1.89. The van der Waals surface area contributed by atoms with Gasteiger partial charge in [-0.1, -0.05) is 66.1 Å². The maximum Gasteiger partial charge on any atom is 0.519 e. The van der Waals surface area contributed by atoms with Gasteiger partial charge in [-0.25, -0.2) is 4.79 Å². The van der Waals surface area contributed by atoms with E-state index in [1.165, 1.54) is 0 Å². The Morgan fingerprint density at radius 3 is 1.18 bits per heavy atom. The molecule has 0 saturated carbocycles. The fourth-order valence-corrected chi connectivity index (χ4v) is 1.19. The molecule has 0 aliphatic rings. The van der Waals surface area contributed by atoms with Crippen LogP contribution in [-0.2, 0) is 4.79 Å². The first-order valence-electron chi connectivity index (χ1n) is 5.13. The van der Waals surface area contributed by atoms with E-state index in [1.54, 1.807) is 48.5 Å². The highest BCUT2D eigenvalue weighted by atomic mass is 16.7. The van der Waals surface area contributed by atoms with Gasteiger partial charge in [-0.3, -0.25) is 0 Å². The lowest BCUT2D eigenvalue weighted by atomic mass is 10.3. The van der Waals surface area contributed by atoms with Crippen LogP contribution < -0.4 is 9.47 Å². The van der Waals surface area contributed by atoms with E-state index in [0.717, 1.165) is 0 Å². The van der Waals surface area contributed by atoms with Crippen molar-refractivity contribution in [3.8, 4) is 11.5 Å². The molecule has 0 bridgehead atoms. The van der Waals surface area contributed by atoms with Crippen LogP contribution in [0.2, 0.25) is 0 Å². The summed E-state index contributed by atoms with van der Waals surface area (Å²) in [4.78, 5) is 19.3. The second-order valence-corrected chi connectivity index (χ2v) is 3.08. The summed E-state index contributed by atoms with van der Waals surface area (Å²) in [6.07, 6.45) is -0.739. The van der Waals surface area contributed by atoms with Crippen molar-refractivity contribution in [2.45, 2.75) is 29.7 Å². The zero-order chi connectivity index (χ0) is 13.2. The topological polar surface area (TPSA) is 52.6 Å². The standard InChI is InChI=1S/C13H10O3.CH2O.4CH4/c14-13(15-11-7-3-1-4-8-11)16-12-9-5-2-6-10-12;1-2;;;;/h1-10H;1H2;4*1H4. The van der Waals surface area contributed by atoms with Crippen molar-refractivity contribution in [1.29, 1.82) is 0 Å². The largest absolute Gasteiger partial charge is 0.519 e. The third-order valence-corrected chi connectivity index (χ3v) is 1.89. The Kier molecular flexibility index (Phi) is 20.7. The fraction of sp³-hybridized carbons (Fsp3) is 0.222. The molecule has 4 heteroatoms. The molecule has 0 amide bonds. The molecule has 2 aromatic rings. The summed E-state index contributed by atoms with van der Waals surface area (Å²) in [5, 5.41) is 0. The van der Waals surface area contributed by atoms with Crippen molar-refractivity contribution in [3.63, 3.8) is 0 Å². The minimum absolute atomic E-state index is 0. The van der Waals surface area contributed by atoms with Gasteiger partial charge in [-0.15, -0.1) is 0 Å². The van der Waals surface area contributed by atoms with Crippen molar-refractivity contribution in [1.82, 2.24) is 0 Å². The summed E-state index contributed by atoms with van der Waals surface area (Å²) in [5.41, 5.74) is 0. The summed E-state index contributed by atoms with van der Waals surface area (Å²) in [6, 6.07) is 17.6. The van der Waals surface area contributed by atoms with Gasteiger partial charge < -0.3 is 14.3 Å². The molecule has 0 N–H and O–H groups in total. The average Bonchev–Trinajstić information content (AvgIpc) is 2.43. The molecule has 0 fully saturated rings. The maximum atomic E-state index is 11.3. The Morgan fingerprint density at radius 1 is 0.636 bits per heavy atom. The lowest BCUT2D eigenvalue weighted by Gasteiger charge is -2.04. The molecule has 2 rings (SSSR count). The third kappa shape index (κ3) is 10.2. The number of carbonyl (C=O) groups excluding carboxylic acids is 2. The molecule has 0 spiro atoms. The van der Waals surface area contributed by atoms with Crippen LogP contribution in [0.4, 0.5) is 4.79 Å². The van der Waals surface area contributed by atoms with Gasteiger partial charge >= 0.3 is 6.16 Å². The number of para-hydroxylation sites is 2. The molecule has 0 saturated heterocycles. The SMILES string of the molecule is C.C.C.C.C=O.O=C(Oc1ccccc1)Oc1ccccc1. The first-order chi connectivity index (χ1) is 8.84. The maximum absolute atomic E-state index is 11.3. The van der Waals surface area contributed by atoms with Crippen LogP contribution in [-0.4, -0.2) is 12.9 Å². The molecule has 0 atom stereocenters. The monoisotopic (exact) mass is 308 g/mol. The zero-order valence-electron chi connectivity index (χ0n) is 9.61. The van der Waals surface area contributed by atoms with E-state index >= 15 is 0 Å². The number of carbonyl (C=O) groups is 2. The first-order valence-corrected chi connectivity index (χ1v) is 5.13. The zero-order valence-corrected chi connectivity index (χ0v) is 9.61. The van der Waals surface area contributed by atoms with Gasteiger partial charge in [0.25, 0.3) is 0 Å². The number of ether oxygens (including phenoxy) is 2. The minimum atomic E-state index is -0.739. The number of rotatable bonds is 2. The van der Waals surface area contributed by atoms with E-state index in [0.29, 0.717) is 11.5 Å². The second kappa shape index (κ2) is 16.4. The van der Waals surface area contributed by atoms with E-state index in [-0.39, 0.29) is 29.7 Å². The van der Waals surface area contributed by atoms with Gasteiger partial charge in [0, 0.05) is 0 Å². The van der Waals surface area contributed by atoms with Crippen molar-refractivity contribution in [2.75, 3.05) is 0 Å². The smallest absolute Gasteiger partial charge is 0.395 e. The number of benzene rings is 2. The average molecular weight is 308 g/mol. The molecule has 0 aliphatic carbocycles.